The van der Waals surface area contributed by atoms with Gasteiger partial charge >= 0.3 is 5.97 Å². The first kappa shape index (κ1) is 14.4. The van der Waals surface area contributed by atoms with E-state index in [9.17, 15) is 19.7 Å². The molecule has 0 bridgehead atoms. The summed E-state index contributed by atoms with van der Waals surface area (Å²) in [6.45, 7) is 2.61. The van der Waals surface area contributed by atoms with Gasteiger partial charge in [0.25, 0.3) is 11.6 Å². The highest BCUT2D eigenvalue weighted by molar-refractivity contribution is 5.98. The van der Waals surface area contributed by atoms with E-state index in [1.165, 1.54) is 26.0 Å². The second-order valence-electron chi connectivity index (χ2n) is 4.41. The van der Waals surface area contributed by atoms with Gasteiger partial charge in [0, 0.05) is 11.6 Å². The van der Waals surface area contributed by atoms with Crippen LogP contribution >= 0.6 is 0 Å². The Bertz CT molecular complexity index is 553. The molecule has 0 atom stereocenters. The van der Waals surface area contributed by atoms with E-state index in [4.69, 9.17) is 10.8 Å². The standard InChI is InChI=1S/C11H13N3O5/c1-11(2,10(16)17)13-9(15)6-3-4-7(12)8(5-6)14(18)19/h3-5H,12H2,1-2H3,(H,13,15)(H,16,17). The first-order chi connectivity index (χ1) is 8.65. The number of carbonyl (C=O) groups is 2. The number of amides is 1. The second kappa shape index (κ2) is 4.92. The van der Waals surface area contributed by atoms with E-state index in [0.717, 1.165) is 6.07 Å². The summed E-state index contributed by atoms with van der Waals surface area (Å²) in [5, 5.41) is 21.8. The van der Waals surface area contributed by atoms with Crippen LogP contribution in [-0.4, -0.2) is 27.4 Å². The lowest BCUT2D eigenvalue weighted by atomic mass is 10.0. The van der Waals surface area contributed by atoms with E-state index in [-0.39, 0.29) is 11.3 Å². The lowest BCUT2D eigenvalue weighted by molar-refractivity contribution is -0.383. The Morgan fingerprint density at radius 2 is 2.00 bits per heavy atom. The van der Waals surface area contributed by atoms with Gasteiger partial charge in [-0.05, 0) is 26.0 Å². The summed E-state index contributed by atoms with van der Waals surface area (Å²) in [6, 6.07) is 3.51. The van der Waals surface area contributed by atoms with Crippen LogP contribution in [0.1, 0.15) is 24.2 Å². The maximum Gasteiger partial charge on any atom is 0.328 e. The molecule has 102 valence electrons. The molecule has 0 fully saturated rings. The molecule has 0 aromatic heterocycles. The molecule has 0 saturated carbocycles. The van der Waals surface area contributed by atoms with Crippen LogP contribution in [0.2, 0.25) is 0 Å². The van der Waals surface area contributed by atoms with Crippen LogP contribution in [0.25, 0.3) is 0 Å². The highest BCUT2D eigenvalue weighted by atomic mass is 16.6. The maximum absolute atomic E-state index is 11.8. The molecule has 4 N–H and O–H groups in total. The summed E-state index contributed by atoms with van der Waals surface area (Å²) in [5.41, 5.74) is 3.42. The zero-order valence-corrected chi connectivity index (χ0v) is 10.3. The fourth-order valence-electron chi connectivity index (χ4n) is 1.25. The molecule has 1 aromatic rings. The minimum atomic E-state index is -1.48. The van der Waals surface area contributed by atoms with Crippen LogP contribution < -0.4 is 11.1 Å². The number of nitro benzene ring substituents is 1. The Labute approximate surface area is 108 Å². The molecule has 1 aromatic carbocycles. The van der Waals surface area contributed by atoms with Crippen molar-refractivity contribution in [2.24, 2.45) is 0 Å². The first-order valence-electron chi connectivity index (χ1n) is 5.25. The molecule has 1 rings (SSSR count). The Kier molecular flexibility index (Phi) is 3.74. The van der Waals surface area contributed by atoms with Crippen LogP contribution in [0.15, 0.2) is 18.2 Å². The molecule has 1 amide bonds. The van der Waals surface area contributed by atoms with E-state index >= 15 is 0 Å². The molecule has 0 unspecified atom stereocenters. The third-order valence-corrected chi connectivity index (χ3v) is 2.45. The number of aliphatic carboxylic acids is 1. The Balaban J connectivity index is 3.05. The summed E-state index contributed by atoms with van der Waals surface area (Å²) >= 11 is 0. The summed E-state index contributed by atoms with van der Waals surface area (Å²) in [7, 11) is 0. The Morgan fingerprint density at radius 1 is 1.42 bits per heavy atom. The number of hydrogen-bond acceptors (Lipinski definition) is 5. The van der Waals surface area contributed by atoms with Gasteiger partial charge in [0.2, 0.25) is 0 Å². The number of carboxylic acids is 1. The normalized spacial score (nSPS) is 10.8. The Hall–Kier alpha value is -2.64. The molecule has 0 aliphatic heterocycles. The Morgan fingerprint density at radius 3 is 2.47 bits per heavy atom. The minimum Gasteiger partial charge on any atom is -0.480 e. The maximum atomic E-state index is 11.8. The number of carboxylic acid groups (broad SMARTS) is 1. The molecule has 0 spiro atoms. The highest BCUT2D eigenvalue weighted by Crippen LogP contribution is 2.22. The lowest BCUT2D eigenvalue weighted by Gasteiger charge is -2.20. The van der Waals surface area contributed by atoms with E-state index < -0.39 is 28.0 Å². The van der Waals surface area contributed by atoms with E-state index in [1.54, 1.807) is 0 Å². The van der Waals surface area contributed by atoms with Crippen molar-refractivity contribution in [2.75, 3.05) is 5.73 Å². The van der Waals surface area contributed by atoms with Gasteiger partial charge < -0.3 is 16.2 Å². The van der Waals surface area contributed by atoms with Crippen LogP contribution in [0.3, 0.4) is 0 Å². The number of hydrogen-bond donors (Lipinski definition) is 3. The number of rotatable bonds is 4. The largest absolute Gasteiger partial charge is 0.480 e. The van der Waals surface area contributed by atoms with Crippen molar-refractivity contribution in [3.63, 3.8) is 0 Å². The number of anilines is 1. The third-order valence-electron chi connectivity index (χ3n) is 2.45. The number of benzene rings is 1. The van der Waals surface area contributed by atoms with Crippen LogP contribution in [0.4, 0.5) is 11.4 Å². The van der Waals surface area contributed by atoms with E-state index in [0.29, 0.717) is 0 Å². The molecular formula is C11H13N3O5. The summed E-state index contributed by atoms with van der Waals surface area (Å²) in [6.07, 6.45) is 0. The summed E-state index contributed by atoms with van der Waals surface area (Å²) in [4.78, 5) is 32.7. The van der Waals surface area contributed by atoms with Gasteiger partial charge in [-0.2, -0.15) is 0 Å². The molecule has 0 aliphatic carbocycles. The molecule has 0 radical (unpaired) electrons. The van der Waals surface area contributed by atoms with Crippen molar-refractivity contribution in [3.05, 3.63) is 33.9 Å². The van der Waals surface area contributed by atoms with Gasteiger partial charge in [0.1, 0.15) is 11.2 Å². The minimum absolute atomic E-state index is 0.0322. The van der Waals surface area contributed by atoms with Crippen molar-refractivity contribution in [3.8, 4) is 0 Å². The zero-order chi connectivity index (χ0) is 14.8. The van der Waals surface area contributed by atoms with E-state index in [1.807, 2.05) is 0 Å². The SMILES string of the molecule is CC(C)(NC(=O)c1ccc(N)c([N+](=O)[O-])c1)C(=O)O. The second-order valence-corrected chi connectivity index (χ2v) is 4.41. The van der Waals surface area contributed by atoms with Crippen LogP contribution in [0, 0.1) is 10.1 Å². The zero-order valence-electron chi connectivity index (χ0n) is 10.3. The first-order valence-corrected chi connectivity index (χ1v) is 5.25. The monoisotopic (exact) mass is 267 g/mol. The van der Waals surface area contributed by atoms with Gasteiger partial charge in [-0.1, -0.05) is 0 Å². The van der Waals surface area contributed by atoms with Gasteiger partial charge in [0.15, 0.2) is 0 Å². The van der Waals surface area contributed by atoms with Crippen LogP contribution in [-0.2, 0) is 4.79 Å². The fourth-order valence-corrected chi connectivity index (χ4v) is 1.25. The average Bonchev–Trinajstić information content (AvgIpc) is 2.28. The molecule has 8 heteroatoms. The van der Waals surface area contributed by atoms with Crippen molar-refractivity contribution in [1.82, 2.24) is 5.32 Å². The van der Waals surface area contributed by atoms with Crippen molar-refractivity contribution in [2.45, 2.75) is 19.4 Å². The summed E-state index contributed by atoms with van der Waals surface area (Å²) < 4.78 is 0. The predicted molar refractivity (Wildman–Crippen MR) is 66.7 cm³/mol. The number of nitrogens with one attached hydrogen (secondary N) is 1. The number of nitrogens with zero attached hydrogens (tertiary/aromatic N) is 1. The fraction of sp³-hybridized carbons (Fsp3) is 0.273. The number of nitrogens with two attached hydrogens (primary N) is 1. The van der Waals surface area contributed by atoms with Gasteiger partial charge in [-0.15, -0.1) is 0 Å². The molecule has 0 saturated heterocycles. The quantitative estimate of drug-likeness (QED) is 0.418. The molecule has 0 aliphatic rings. The predicted octanol–water partition coefficient (Wildman–Crippen LogP) is 0.770. The van der Waals surface area contributed by atoms with Crippen molar-refractivity contribution in [1.29, 1.82) is 0 Å². The molecule has 8 nitrogen and oxygen atoms in total. The number of carbonyl (C=O) groups excluding carboxylic acids is 1. The highest BCUT2D eigenvalue weighted by Gasteiger charge is 2.29. The van der Waals surface area contributed by atoms with E-state index in [2.05, 4.69) is 5.32 Å². The molecule has 19 heavy (non-hydrogen) atoms. The number of nitrogen functional groups attached to an aromatic ring is 1. The summed E-state index contributed by atoms with van der Waals surface area (Å²) in [5.74, 6) is -1.94. The number of nitro groups is 1. The average molecular weight is 267 g/mol. The topological polar surface area (TPSA) is 136 Å². The van der Waals surface area contributed by atoms with Crippen LogP contribution in [0.5, 0.6) is 0 Å². The van der Waals surface area contributed by atoms with Gasteiger partial charge in [-0.25, -0.2) is 4.79 Å². The van der Waals surface area contributed by atoms with Crippen molar-refractivity contribution < 1.29 is 19.6 Å². The molecule has 0 heterocycles. The smallest absolute Gasteiger partial charge is 0.328 e. The third kappa shape index (κ3) is 3.18. The lowest BCUT2D eigenvalue weighted by Crippen LogP contribution is -2.49. The molecular weight excluding hydrogens is 254 g/mol. The van der Waals surface area contributed by atoms with Crippen molar-refractivity contribution >= 4 is 23.3 Å². The van der Waals surface area contributed by atoms with Gasteiger partial charge in [0.05, 0.1) is 4.92 Å². The van der Waals surface area contributed by atoms with Gasteiger partial charge in [-0.3, -0.25) is 14.9 Å².